The number of nitrogens with one attached hydrogen (secondary N) is 1. The molecule has 2 unspecified atom stereocenters. The Morgan fingerprint density at radius 3 is 2.50 bits per heavy atom. The Morgan fingerprint density at radius 1 is 1.42 bits per heavy atom. The van der Waals surface area contributed by atoms with E-state index in [4.69, 9.17) is 0 Å². The highest BCUT2D eigenvalue weighted by atomic mass is 15.5. The minimum Gasteiger partial charge on any atom is -0.251 e. The molecular weight excluding hydrogens is 148 g/mol. The normalized spacial score (nSPS) is 31.8. The van der Waals surface area contributed by atoms with Gasteiger partial charge in [0.2, 0.25) is 0 Å². The van der Waals surface area contributed by atoms with E-state index in [1.165, 1.54) is 19.3 Å². The van der Waals surface area contributed by atoms with Crippen LogP contribution < -0.4 is 5.43 Å². The summed E-state index contributed by atoms with van der Waals surface area (Å²) in [6, 6.07) is 1.35. The molecule has 1 heterocycles. The molecule has 2 nitrogen and oxygen atoms in total. The maximum absolute atomic E-state index is 3.71. The van der Waals surface area contributed by atoms with Crippen LogP contribution in [0.2, 0.25) is 0 Å². The minimum atomic E-state index is 0.675. The number of rotatable bonds is 3. The number of nitrogens with zero attached hydrogens (tertiary/aromatic N) is 1. The molecule has 70 valence electrons. The van der Waals surface area contributed by atoms with Crippen molar-refractivity contribution >= 4 is 0 Å². The van der Waals surface area contributed by atoms with E-state index in [0.29, 0.717) is 12.1 Å². The molecule has 0 spiro atoms. The first-order valence-corrected chi connectivity index (χ1v) is 4.88. The molecule has 12 heavy (non-hydrogen) atoms. The molecule has 0 aromatic heterocycles. The summed E-state index contributed by atoms with van der Waals surface area (Å²) in [5.41, 5.74) is 3.39. The second-order valence-electron chi connectivity index (χ2n) is 3.69. The third-order valence-corrected chi connectivity index (χ3v) is 2.61. The summed E-state index contributed by atoms with van der Waals surface area (Å²) in [4.78, 5) is 0. The fourth-order valence-electron chi connectivity index (χ4n) is 1.90. The van der Waals surface area contributed by atoms with Gasteiger partial charge in [-0.05, 0) is 26.7 Å². The van der Waals surface area contributed by atoms with Crippen LogP contribution in [0.1, 0.15) is 33.1 Å². The second-order valence-corrected chi connectivity index (χ2v) is 3.69. The average molecular weight is 168 g/mol. The summed E-state index contributed by atoms with van der Waals surface area (Å²) < 4.78 is 0. The van der Waals surface area contributed by atoms with E-state index in [1.807, 2.05) is 6.08 Å². The summed E-state index contributed by atoms with van der Waals surface area (Å²) >= 11 is 0. The monoisotopic (exact) mass is 168 g/mol. The summed E-state index contributed by atoms with van der Waals surface area (Å²) in [5.74, 6) is 0. The Morgan fingerprint density at radius 2 is 2.00 bits per heavy atom. The van der Waals surface area contributed by atoms with Crippen molar-refractivity contribution < 1.29 is 0 Å². The maximum Gasteiger partial charge on any atom is 0.0280 e. The fourth-order valence-corrected chi connectivity index (χ4v) is 1.90. The Hall–Kier alpha value is -0.340. The van der Waals surface area contributed by atoms with E-state index in [2.05, 4.69) is 30.9 Å². The van der Waals surface area contributed by atoms with Gasteiger partial charge >= 0.3 is 0 Å². The molecule has 0 amide bonds. The third kappa shape index (κ3) is 2.32. The predicted molar refractivity (Wildman–Crippen MR) is 52.8 cm³/mol. The molecule has 0 aromatic carbocycles. The van der Waals surface area contributed by atoms with E-state index in [1.54, 1.807) is 0 Å². The molecule has 1 aliphatic rings. The summed E-state index contributed by atoms with van der Waals surface area (Å²) in [6.07, 6.45) is 5.91. The molecule has 0 aromatic rings. The maximum atomic E-state index is 3.71. The second kappa shape index (κ2) is 4.63. The first-order valence-electron chi connectivity index (χ1n) is 4.88. The highest BCUT2D eigenvalue weighted by Crippen LogP contribution is 2.19. The molecule has 1 N–H and O–H groups in total. The Balaban J connectivity index is 2.39. The van der Waals surface area contributed by atoms with Crippen molar-refractivity contribution in [1.82, 2.24) is 10.4 Å². The third-order valence-electron chi connectivity index (χ3n) is 2.61. The van der Waals surface area contributed by atoms with Crippen LogP contribution in [0.25, 0.3) is 0 Å². The van der Waals surface area contributed by atoms with Crippen LogP contribution in [0.5, 0.6) is 0 Å². The SMILES string of the molecule is C=CCNN1C(C)CCCC1C. The van der Waals surface area contributed by atoms with Gasteiger partial charge in [0.1, 0.15) is 0 Å². The quantitative estimate of drug-likeness (QED) is 0.648. The molecule has 0 bridgehead atoms. The molecule has 2 atom stereocenters. The zero-order valence-corrected chi connectivity index (χ0v) is 8.21. The molecule has 0 radical (unpaired) electrons. The van der Waals surface area contributed by atoms with Gasteiger partial charge in [0.25, 0.3) is 0 Å². The summed E-state index contributed by atoms with van der Waals surface area (Å²) in [7, 11) is 0. The van der Waals surface area contributed by atoms with Crippen LogP contribution in [0.3, 0.4) is 0 Å². The van der Waals surface area contributed by atoms with Gasteiger partial charge in [-0.3, -0.25) is 5.43 Å². The highest BCUT2D eigenvalue weighted by molar-refractivity contribution is 4.78. The molecule has 0 aliphatic carbocycles. The van der Waals surface area contributed by atoms with Crippen molar-refractivity contribution in [3.63, 3.8) is 0 Å². The van der Waals surface area contributed by atoms with Gasteiger partial charge in [0.05, 0.1) is 0 Å². The van der Waals surface area contributed by atoms with Crippen molar-refractivity contribution in [2.45, 2.75) is 45.2 Å². The number of hydrogen-bond donors (Lipinski definition) is 1. The Kier molecular flexibility index (Phi) is 3.76. The average Bonchev–Trinajstić information content (AvgIpc) is 2.04. The van der Waals surface area contributed by atoms with Gasteiger partial charge in [-0.1, -0.05) is 12.5 Å². The van der Waals surface area contributed by atoms with Crippen LogP contribution in [-0.2, 0) is 0 Å². The van der Waals surface area contributed by atoms with Crippen molar-refractivity contribution in [3.05, 3.63) is 12.7 Å². The molecule has 0 saturated carbocycles. The van der Waals surface area contributed by atoms with Gasteiger partial charge in [0.15, 0.2) is 0 Å². The van der Waals surface area contributed by atoms with Crippen molar-refractivity contribution in [3.8, 4) is 0 Å². The predicted octanol–water partition coefficient (Wildman–Crippen LogP) is 1.94. The zero-order valence-electron chi connectivity index (χ0n) is 8.21. The fraction of sp³-hybridized carbons (Fsp3) is 0.800. The summed E-state index contributed by atoms with van der Waals surface area (Å²) in [6.45, 7) is 9.16. The Labute approximate surface area is 75.6 Å². The van der Waals surface area contributed by atoms with Crippen LogP contribution in [-0.4, -0.2) is 23.6 Å². The van der Waals surface area contributed by atoms with Crippen LogP contribution in [0, 0.1) is 0 Å². The highest BCUT2D eigenvalue weighted by Gasteiger charge is 2.23. The van der Waals surface area contributed by atoms with Crippen molar-refractivity contribution in [2.24, 2.45) is 0 Å². The number of hydrogen-bond acceptors (Lipinski definition) is 2. The van der Waals surface area contributed by atoms with E-state index >= 15 is 0 Å². The van der Waals surface area contributed by atoms with Gasteiger partial charge in [0, 0.05) is 18.6 Å². The van der Waals surface area contributed by atoms with Gasteiger partial charge < -0.3 is 0 Å². The topological polar surface area (TPSA) is 15.3 Å². The molecule has 1 saturated heterocycles. The van der Waals surface area contributed by atoms with Crippen molar-refractivity contribution in [2.75, 3.05) is 6.54 Å². The first-order chi connectivity index (χ1) is 5.75. The number of hydrazine groups is 1. The molecule has 1 rings (SSSR count). The largest absolute Gasteiger partial charge is 0.251 e. The first kappa shape index (κ1) is 9.75. The van der Waals surface area contributed by atoms with E-state index in [9.17, 15) is 0 Å². The lowest BCUT2D eigenvalue weighted by Crippen LogP contribution is -2.51. The van der Waals surface area contributed by atoms with Crippen molar-refractivity contribution in [1.29, 1.82) is 0 Å². The minimum absolute atomic E-state index is 0.675. The van der Waals surface area contributed by atoms with Gasteiger partial charge in [-0.15, -0.1) is 6.58 Å². The lowest BCUT2D eigenvalue weighted by atomic mass is 10.00. The van der Waals surface area contributed by atoms with Crippen LogP contribution >= 0.6 is 0 Å². The van der Waals surface area contributed by atoms with E-state index in [0.717, 1.165) is 6.54 Å². The van der Waals surface area contributed by atoms with Crippen LogP contribution in [0.4, 0.5) is 0 Å². The molecule has 2 heteroatoms. The lowest BCUT2D eigenvalue weighted by Gasteiger charge is -2.38. The van der Waals surface area contributed by atoms with Gasteiger partial charge in [-0.25, -0.2) is 5.01 Å². The van der Waals surface area contributed by atoms with E-state index < -0.39 is 0 Å². The van der Waals surface area contributed by atoms with Gasteiger partial charge in [-0.2, -0.15) is 0 Å². The standard InChI is InChI=1S/C10H20N2/c1-4-8-11-12-9(2)6-5-7-10(12)3/h4,9-11H,1,5-8H2,2-3H3. The smallest absolute Gasteiger partial charge is 0.0280 e. The van der Waals surface area contributed by atoms with E-state index in [-0.39, 0.29) is 0 Å². The molecule has 1 fully saturated rings. The lowest BCUT2D eigenvalue weighted by molar-refractivity contribution is 0.0513. The van der Waals surface area contributed by atoms with Crippen LogP contribution in [0.15, 0.2) is 12.7 Å². The number of piperidine rings is 1. The Bertz CT molecular complexity index is 135. The molecule has 1 aliphatic heterocycles. The molecular formula is C10H20N2. The zero-order chi connectivity index (χ0) is 8.97. The summed E-state index contributed by atoms with van der Waals surface area (Å²) in [5, 5.41) is 2.37.